The maximum Gasteiger partial charge on any atom is 0.306 e. The third-order valence-electron chi connectivity index (χ3n) is 13.5. The Morgan fingerprint density at radius 2 is 1.57 bits per heavy atom. The van der Waals surface area contributed by atoms with E-state index in [-0.39, 0.29) is 96.8 Å². The van der Waals surface area contributed by atoms with Crippen molar-refractivity contribution in [3.05, 3.63) is 23.3 Å². The Hall–Kier alpha value is -1.70. The summed E-state index contributed by atoms with van der Waals surface area (Å²) in [5.41, 5.74) is 2.07. The number of rotatable bonds is 10. The number of hydrogen-bond donors (Lipinski definition) is 1. The molecule has 0 amide bonds. The second-order valence-corrected chi connectivity index (χ2v) is 16.6. The van der Waals surface area contributed by atoms with E-state index in [0.29, 0.717) is 18.4 Å². The fraction of sp³-hybridized carbons (Fsp3) is 0.857. The summed E-state index contributed by atoms with van der Waals surface area (Å²) in [7, 11) is 4.98. The maximum atomic E-state index is 14.7. The van der Waals surface area contributed by atoms with Crippen molar-refractivity contribution in [2.75, 3.05) is 27.9 Å². The first kappa shape index (κ1) is 40.9. The van der Waals surface area contributed by atoms with Gasteiger partial charge in [-0.2, -0.15) is 0 Å². The highest BCUT2D eigenvalue weighted by atomic mass is 16.7. The first-order valence-corrected chi connectivity index (χ1v) is 20.6. The van der Waals surface area contributed by atoms with Crippen molar-refractivity contribution >= 4 is 11.8 Å². The molecule has 1 saturated carbocycles. The van der Waals surface area contributed by atoms with Crippen LogP contribution in [-0.2, 0) is 47.5 Å². The van der Waals surface area contributed by atoms with Gasteiger partial charge in [0.05, 0.1) is 30.8 Å². The molecule has 11 nitrogen and oxygen atoms in total. The zero-order chi connectivity index (χ0) is 38.0. The first-order valence-electron chi connectivity index (χ1n) is 20.6. The number of allylic oxidation sites excluding steroid dienone is 4. The molecule has 3 aliphatic heterocycles. The van der Waals surface area contributed by atoms with Gasteiger partial charge in [-0.25, -0.2) is 0 Å². The van der Waals surface area contributed by atoms with Crippen LogP contribution in [0.5, 0.6) is 0 Å². The van der Waals surface area contributed by atoms with E-state index in [4.69, 9.17) is 37.9 Å². The van der Waals surface area contributed by atoms with Gasteiger partial charge in [-0.05, 0) is 108 Å². The minimum absolute atomic E-state index is 0.0270. The van der Waals surface area contributed by atoms with Crippen molar-refractivity contribution in [3.63, 3.8) is 0 Å². The standard InChI is InChI=1S/C42H67NO10/c1-10-26-13-12-14-35(53-37-16-15-34(43-11-2)24(5)49-37)23(4)38(45)33-20-31-29(32(33)21-36(44)51-26)17-22(3)28-18-27(19-30(28)31)52-42-41(48-9)40(47-8)39(46-7)25(6)50-42/h17,20,23-32,34-35,37,39-43H,10-16,18-19,21H2,1-9H3. The molecular formula is C42H67NO10. The molecule has 11 heteroatoms. The van der Waals surface area contributed by atoms with Crippen molar-refractivity contribution in [2.45, 2.75) is 167 Å². The van der Waals surface area contributed by atoms with Crippen LogP contribution in [0.1, 0.15) is 99.3 Å². The van der Waals surface area contributed by atoms with Crippen LogP contribution in [0.3, 0.4) is 0 Å². The molecule has 3 saturated heterocycles. The number of cyclic esters (lactones) is 1. The average molecular weight is 746 g/mol. The van der Waals surface area contributed by atoms with Gasteiger partial charge in [0, 0.05) is 39.2 Å². The van der Waals surface area contributed by atoms with Crippen molar-refractivity contribution in [3.8, 4) is 0 Å². The van der Waals surface area contributed by atoms with Gasteiger partial charge in [0.1, 0.15) is 24.4 Å². The molecule has 3 heterocycles. The number of methoxy groups -OCH3 is 3. The molecule has 0 spiro atoms. The SMILES string of the molecule is CCNC1CCC(OC2CCCC(CC)OC(=O)CC3C(=CC4C3C=C(C)C3CC(OC5OC(C)C(OC)C(OC)C5OC)CC34)C(=O)C2C)OC1C. The van der Waals surface area contributed by atoms with Crippen LogP contribution in [-0.4, -0.2) is 107 Å². The third kappa shape index (κ3) is 8.68. The number of hydrogen-bond acceptors (Lipinski definition) is 11. The number of likely N-dealkylation sites (N-methyl/N-ethyl adjacent to an activating group) is 1. The van der Waals surface area contributed by atoms with E-state index < -0.39 is 12.4 Å². The summed E-state index contributed by atoms with van der Waals surface area (Å²) in [6.45, 7) is 13.4. The highest BCUT2D eigenvalue weighted by molar-refractivity contribution is 5.99. The Morgan fingerprint density at radius 1 is 0.811 bits per heavy atom. The molecule has 1 N–H and O–H groups in total. The highest BCUT2D eigenvalue weighted by Crippen LogP contribution is 2.56. The number of esters is 1. The first-order chi connectivity index (χ1) is 25.5. The molecule has 17 atom stereocenters. The summed E-state index contributed by atoms with van der Waals surface area (Å²) < 4.78 is 49.7. The molecule has 0 aromatic heterocycles. The number of nitrogens with one attached hydrogen (secondary N) is 1. The Morgan fingerprint density at radius 3 is 2.25 bits per heavy atom. The summed E-state index contributed by atoms with van der Waals surface area (Å²) in [4.78, 5) is 28.3. The predicted octanol–water partition coefficient (Wildman–Crippen LogP) is 5.93. The van der Waals surface area contributed by atoms with Crippen LogP contribution in [0.15, 0.2) is 23.3 Å². The molecule has 300 valence electrons. The summed E-state index contributed by atoms with van der Waals surface area (Å²) in [5.74, 6) is 0.00876. The molecule has 0 aromatic carbocycles. The molecule has 3 aliphatic carbocycles. The lowest BCUT2D eigenvalue weighted by Crippen LogP contribution is -2.59. The van der Waals surface area contributed by atoms with Gasteiger partial charge < -0.3 is 43.2 Å². The quantitative estimate of drug-likeness (QED) is 0.212. The second-order valence-electron chi connectivity index (χ2n) is 16.6. The average Bonchev–Trinajstić information content (AvgIpc) is 3.72. The minimum atomic E-state index is -0.598. The van der Waals surface area contributed by atoms with Gasteiger partial charge in [-0.1, -0.05) is 38.5 Å². The second kappa shape index (κ2) is 18.0. The molecule has 0 bridgehead atoms. The molecule has 6 aliphatic rings. The fourth-order valence-corrected chi connectivity index (χ4v) is 10.6. The molecule has 17 unspecified atom stereocenters. The van der Waals surface area contributed by atoms with Crippen LogP contribution in [0.25, 0.3) is 0 Å². The molecule has 0 radical (unpaired) electrons. The van der Waals surface area contributed by atoms with Crippen molar-refractivity contribution in [2.24, 2.45) is 35.5 Å². The van der Waals surface area contributed by atoms with Gasteiger partial charge >= 0.3 is 5.97 Å². The lowest BCUT2D eigenvalue weighted by molar-refractivity contribution is -0.314. The summed E-state index contributed by atoms with van der Waals surface area (Å²) in [6.07, 6.45) is 8.54. The van der Waals surface area contributed by atoms with Crippen LogP contribution in [0, 0.1) is 35.5 Å². The molecule has 0 aromatic rings. The fourth-order valence-electron chi connectivity index (χ4n) is 10.6. The van der Waals surface area contributed by atoms with Crippen molar-refractivity contribution in [1.29, 1.82) is 0 Å². The number of ketones is 1. The van der Waals surface area contributed by atoms with Crippen LogP contribution in [0.2, 0.25) is 0 Å². The van der Waals surface area contributed by atoms with Gasteiger partial charge in [0.2, 0.25) is 0 Å². The van der Waals surface area contributed by atoms with E-state index in [1.54, 1.807) is 21.3 Å². The Kier molecular flexibility index (Phi) is 13.9. The van der Waals surface area contributed by atoms with E-state index >= 15 is 0 Å². The van der Waals surface area contributed by atoms with Gasteiger partial charge in [0.15, 0.2) is 18.4 Å². The van der Waals surface area contributed by atoms with Gasteiger partial charge in [-0.3, -0.25) is 9.59 Å². The third-order valence-corrected chi connectivity index (χ3v) is 13.5. The number of carbonyl (C=O) groups is 2. The maximum absolute atomic E-state index is 14.7. The summed E-state index contributed by atoms with van der Waals surface area (Å²) >= 11 is 0. The monoisotopic (exact) mass is 745 g/mol. The number of carbonyl (C=O) groups excluding carboxylic acids is 2. The Labute approximate surface area is 317 Å². The summed E-state index contributed by atoms with van der Waals surface area (Å²) in [6, 6.07) is 0.300. The number of ether oxygens (including phenoxy) is 8. The Bertz CT molecular complexity index is 1320. The zero-order valence-corrected chi connectivity index (χ0v) is 33.6. The number of Topliss-reactive ketones (excluding diaryl/α,β-unsaturated/α-hetero) is 1. The minimum Gasteiger partial charge on any atom is -0.462 e. The molecular weight excluding hydrogens is 678 g/mol. The molecule has 53 heavy (non-hydrogen) atoms. The lowest BCUT2D eigenvalue weighted by atomic mass is 9.67. The smallest absolute Gasteiger partial charge is 0.306 e. The van der Waals surface area contributed by atoms with Crippen LogP contribution >= 0.6 is 0 Å². The lowest BCUT2D eigenvalue weighted by Gasteiger charge is -2.44. The molecule has 4 fully saturated rings. The van der Waals surface area contributed by atoms with E-state index in [0.717, 1.165) is 57.1 Å². The van der Waals surface area contributed by atoms with Gasteiger partial charge in [0.25, 0.3) is 0 Å². The van der Waals surface area contributed by atoms with Crippen molar-refractivity contribution < 1.29 is 47.5 Å². The normalized spacial score (nSPS) is 45.2. The van der Waals surface area contributed by atoms with Crippen LogP contribution < -0.4 is 5.32 Å². The molecule has 6 rings (SSSR count). The zero-order valence-electron chi connectivity index (χ0n) is 33.6. The topological polar surface area (TPSA) is 120 Å². The number of fused-ring (bicyclic) bond motifs is 5. The van der Waals surface area contributed by atoms with E-state index in [1.165, 1.54) is 5.57 Å². The highest BCUT2D eigenvalue weighted by Gasteiger charge is 2.53. The van der Waals surface area contributed by atoms with Crippen molar-refractivity contribution in [1.82, 2.24) is 5.32 Å². The summed E-state index contributed by atoms with van der Waals surface area (Å²) in [5, 5.41) is 3.52. The van der Waals surface area contributed by atoms with Gasteiger partial charge in [-0.15, -0.1) is 0 Å². The Balaban J connectivity index is 1.22. The predicted molar refractivity (Wildman–Crippen MR) is 199 cm³/mol. The van der Waals surface area contributed by atoms with E-state index in [2.05, 4.69) is 45.2 Å². The van der Waals surface area contributed by atoms with Crippen LogP contribution in [0.4, 0.5) is 0 Å². The largest absolute Gasteiger partial charge is 0.462 e. The van der Waals surface area contributed by atoms with E-state index in [1.807, 2.05) is 13.8 Å². The van der Waals surface area contributed by atoms with E-state index in [9.17, 15) is 9.59 Å².